The predicted octanol–water partition coefficient (Wildman–Crippen LogP) is 2.79. The summed E-state index contributed by atoms with van der Waals surface area (Å²) in [5, 5.41) is 14.0. The molecule has 5 nitrogen and oxygen atoms in total. The van der Waals surface area contributed by atoms with Crippen LogP contribution in [0.2, 0.25) is 5.04 Å². The van der Waals surface area contributed by atoms with E-state index in [2.05, 4.69) is 26.1 Å². The van der Waals surface area contributed by atoms with Crippen LogP contribution in [0.25, 0.3) is 0 Å². The standard InChI is InChI=1S/C24H33NO4Si/c1-5-18(24(4)21(17-26)25-22(27)29-24)16-23(2,3)30(28,19-12-8-6-9-13-19)20-14-10-7-11-15-20/h6-15,18,21,26,28H,5,16-17H2,1-4H3,(H,25,27)/t18-,21+,24+/m0/s1. The van der Waals surface area contributed by atoms with Gasteiger partial charge < -0.3 is 20.0 Å². The minimum absolute atomic E-state index is 0.0324. The van der Waals surface area contributed by atoms with E-state index in [1.54, 1.807) is 0 Å². The zero-order chi connectivity index (χ0) is 22.0. The largest absolute Gasteiger partial charge is 0.441 e. The van der Waals surface area contributed by atoms with Crippen LogP contribution < -0.4 is 15.7 Å². The second kappa shape index (κ2) is 8.53. The van der Waals surface area contributed by atoms with Crippen LogP contribution in [0, 0.1) is 5.92 Å². The summed E-state index contributed by atoms with van der Waals surface area (Å²) in [7, 11) is -3.16. The van der Waals surface area contributed by atoms with Crippen LogP contribution in [0.3, 0.4) is 0 Å². The maximum Gasteiger partial charge on any atom is 0.408 e. The number of amides is 1. The van der Waals surface area contributed by atoms with Crippen LogP contribution in [0.5, 0.6) is 0 Å². The Hall–Kier alpha value is -2.15. The van der Waals surface area contributed by atoms with E-state index in [0.29, 0.717) is 6.42 Å². The van der Waals surface area contributed by atoms with Crippen molar-refractivity contribution < 1.29 is 19.4 Å². The summed E-state index contributed by atoms with van der Waals surface area (Å²) in [4.78, 5) is 24.4. The normalized spacial score (nSPS) is 23.0. The Morgan fingerprint density at radius 1 is 1.10 bits per heavy atom. The van der Waals surface area contributed by atoms with Gasteiger partial charge in [0, 0.05) is 5.92 Å². The highest BCUT2D eigenvalue weighted by atomic mass is 28.4. The number of benzene rings is 2. The van der Waals surface area contributed by atoms with Crippen LogP contribution in [0.15, 0.2) is 60.7 Å². The molecule has 0 aliphatic carbocycles. The van der Waals surface area contributed by atoms with Gasteiger partial charge in [0.2, 0.25) is 0 Å². The molecule has 1 saturated heterocycles. The van der Waals surface area contributed by atoms with Crippen LogP contribution in [0.4, 0.5) is 4.79 Å². The molecule has 6 heteroatoms. The number of hydrogen-bond donors (Lipinski definition) is 3. The fraction of sp³-hybridized carbons (Fsp3) is 0.458. The molecule has 1 heterocycles. The van der Waals surface area contributed by atoms with E-state index >= 15 is 0 Å². The highest BCUT2D eigenvalue weighted by Crippen LogP contribution is 2.47. The van der Waals surface area contributed by atoms with Gasteiger partial charge in [0.25, 0.3) is 8.32 Å². The van der Waals surface area contributed by atoms with E-state index in [1.807, 2.05) is 67.6 Å². The Bertz CT molecular complexity index is 819. The van der Waals surface area contributed by atoms with Gasteiger partial charge in [0.05, 0.1) is 12.6 Å². The van der Waals surface area contributed by atoms with Crippen molar-refractivity contribution in [1.29, 1.82) is 0 Å². The Kier molecular flexibility index (Phi) is 6.41. The number of nitrogens with one attached hydrogen (secondary N) is 1. The third kappa shape index (κ3) is 3.79. The summed E-state index contributed by atoms with van der Waals surface area (Å²) in [5.41, 5.74) is -0.833. The summed E-state index contributed by atoms with van der Waals surface area (Å²) in [5.74, 6) is -0.0324. The van der Waals surface area contributed by atoms with E-state index in [4.69, 9.17) is 4.74 Å². The molecular weight excluding hydrogens is 394 g/mol. The van der Waals surface area contributed by atoms with Crippen molar-refractivity contribution in [3.8, 4) is 0 Å². The van der Waals surface area contributed by atoms with Crippen molar-refractivity contribution in [2.75, 3.05) is 6.61 Å². The Labute approximate surface area is 180 Å². The van der Waals surface area contributed by atoms with Gasteiger partial charge in [-0.25, -0.2) is 4.79 Å². The van der Waals surface area contributed by atoms with Gasteiger partial charge >= 0.3 is 6.09 Å². The molecule has 1 aliphatic heterocycles. The first-order valence-electron chi connectivity index (χ1n) is 10.6. The third-order valence-electron chi connectivity index (χ3n) is 6.90. The smallest absolute Gasteiger partial charge is 0.408 e. The Morgan fingerprint density at radius 2 is 1.60 bits per heavy atom. The topological polar surface area (TPSA) is 78.8 Å². The monoisotopic (exact) mass is 427 g/mol. The molecule has 3 atom stereocenters. The number of carbonyl (C=O) groups excluding carboxylic acids is 1. The first-order valence-corrected chi connectivity index (χ1v) is 12.6. The van der Waals surface area contributed by atoms with Gasteiger partial charge in [-0.15, -0.1) is 0 Å². The second-order valence-corrected chi connectivity index (χ2v) is 13.0. The van der Waals surface area contributed by atoms with Crippen LogP contribution in [-0.2, 0) is 4.74 Å². The fourth-order valence-corrected chi connectivity index (χ4v) is 8.79. The molecule has 0 radical (unpaired) electrons. The maximum absolute atomic E-state index is 12.4. The molecule has 0 bridgehead atoms. The summed E-state index contributed by atoms with van der Waals surface area (Å²) >= 11 is 0. The van der Waals surface area contributed by atoms with Crippen molar-refractivity contribution in [3.05, 3.63) is 60.7 Å². The van der Waals surface area contributed by atoms with E-state index in [1.165, 1.54) is 0 Å². The average Bonchev–Trinajstić information content (AvgIpc) is 3.06. The number of aliphatic hydroxyl groups is 1. The van der Waals surface area contributed by atoms with Crippen LogP contribution in [-0.4, -0.2) is 42.6 Å². The quantitative estimate of drug-likeness (QED) is 0.566. The lowest BCUT2D eigenvalue weighted by Gasteiger charge is -2.46. The van der Waals surface area contributed by atoms with E-state index < -0.39 is 31.1 Å². The number of rotatable bonds is 8. The number of carbonyl (C=O) groups is 1. The fourth-order valence-electron chi connectivity index (χ4n) is 5.00. The van der Waals surface area contributed by atoms with Gasteiger partial charge in [0.15, 0.2) is 0 Å². The minimum Gasteiger partial charge on any atom is -0.441 e. The van der Waals surface area contributed by atoms with Crippen LogP contribution >= 0.6 is 0 Å². The van der Waals surface area contributed by atoms with E-state index in [9.17, 15) is 14.7 Å². The molecule has 0 saturated carbocycles. The number of ether oxygens (including phenoxy) is 1. The average molecular weight is 428 g/mol. The first kappa shape index (κ1) is 22.5. The molecule has 2 aromatic carbocycles. The number of alkyl carbamates (subject to hydrolysis) is 1. The minimum atomic E-state index is -3.16. The lowest BCUT2D eigenvalue weighted by molar-refractivity contribution is -0.0200. The van der Waals surface area contributed by atoms with Gasteiger partial charge in [-0.1, -0.05) is 81.4 Å². The molecular formula is C24H33NO4Si. The zero-order valence-corrected chi connectivity index (χ0v) is 19.3. The molecule has 1 amide bonds. The van der Waals surface area contributed by atoms with Gasteiger partial charge in [-0.3, -0.25) is 0 Å². The summed E-state index contributed by atoms with van der Waals surface area (Å²) < 4.78 is 5.70. The Balaban J connectivity index is 2.04. The zero-order valence-electron chi connectivity index (χ0n) is 18.3. The van der Waals surface area contributed by atoms with Gasteiger partial charge in [-0.2, -0.15) is 0 Å². The SMILES string of the molecule is CC[C@@H](CC(C)(C)[Si](O)(c1ccccc1)c1ccccc1)[C@@]1(C)OC(=O)N[C@@H]1CO. The maximum atomic E-state index is 12.4. The van der Waals surface area contributed by atoms with Crippen molar-refractivity contribution in [2.24, 2.45) is 5.92 Å². The highest BCUT2D eigenvalue weighted by Gasteiger charge is 2.56. The molecule has 0 spiro atoms. The molecule has 1 aliphatic rings. The van der Waals surface area contributed by atoms with E-state index in [-0.39, 0.29) is 12.5 Å². The van der Waals surface area contributed by atoms with Crippen LogP contribution in [0.1, 0.15) is 40.5 Å². The molecule has 3 N–H and O–H groups in total. The van der Waals surface area contributed by atoms with Crippen molar-refractivity contribution in [2.45, 2.75) is 57.2 Å². The molecule has 30 heavy (non-hydrogen) atoms. The second-order valence-electron chi connectivity index (χ2n) is 9.09. The summed E-state index contributed by atoms with van der Waals surface area (Å²) in [6, 6.07) is 19.4. The Morgan fingerprint density at radius 3 is 2.03 bits per heavy atom. The lowest BCUT2D eigenvalue weighted by atomic mass is 9.77. The third-order valence-corrected chi connectivity index (χ3v) is 11.4. The first-order chi connectivity index (χ1) is 14.2. The molecule has 1 fully saturated rings. The summed E-state index contributed by atoms with van der Waals surface area (Å²) in [6.45, 7) is 8.00. The van der Waals surface area contributed by atoms with Crippen molar-refractivity contribution >= 4 is 24.8 Å². The summed E-state index contributed by atoms with van der Waals surface area (Å²) in [6.07, 6.45) is 0.920. The lowest BCUT2D eigenvalue weighted by Crippen LogP contribution is -2.66. The van der Waals surface area contributed by atoms with Gasteiger partial charge in [-0.05, 0) is 35.2 Å². The number of aliphatic hydroxyl groups excluding tert-OH is 1. The highest BCUT2D eigenvalue weighted by molar-refractivity contribution is 6.98. The molecule has 3 rings (SSSR count). The van der Waals surface area contributed by atoms with Crippen molar-refractivity contribution in [1.82, 2.24) is 5.32 Å². The van der Waals surface area contributed by atoms with Crippen molar-refractivity contribution in [3.63, 3.8) is 0 Å². The van der Waals surface area contributed by atoms with Gasteiger partial charge in [0.1, 0.15) is 5.60 Å². The number of cyclic esters (lactones) is 1. The predicted molar refractivity (Wildman–Crippen MR) is 121 cm³/mol. The number of hydrogen-bond acceptors (Lipinski definition) is 4. The molecule has 2 aromatic rings. The molecule has 0 unspecified atom stereocenters. The molecule has 162 valence electrons. The van der Waals surface area contributed by atoms with E-state index in [0.717, 1.165) is 16.8 Å². The molecule has 0 aromatic heterocycles.